The van der Waals surface area contributed by atoms with Gasteiger partial charge >= 0.3 is 0 Å². The Bertz CT molecular complexity index is 256. The maximum Gasteiger partial charge on any atom is 0.132 e. The van der Waals surface area contributed by atoms with Gasteiger partial charge in [0.25, 0.3) is 0 Å². The summed E-state index contributed by atoms with van der Waals surface area (Å²) in [6, 6.07) is 5.49. The molecule has 0 bridgehead atoms. The fourth-order valence-electron chi connectivity index (χ4n) is 0.901. The van der Waals surface area contributed by atoms with Gasteiger partial charge in [-0.1, -0.05) is 31.5 Å². The lowest BCUT2D eigenvalue weighted by molar-refractivity contribution is 0.624. The molecule has 0 saturated heterocycles. The molecule has 1 aromatic rings. The van der Waals surface area contributed by atoms with Gasteiger partial charge in [0.2, 0.25) is 0 Å². The number of rotatable bonds is 1. The molecule has 0 N–H and O–H groups in total. The summed E-state index contributed by atoms with van der Waals surface area (Å²) in [5, 5.41) is 0.389. The van der Waals surface area contributed by atoms with Crippen molar-refractivity contribution in [3.63, 3.8) is 0 Å². The largest absolute Gasteiger partial charge is 0.206 e. The van der Waals surface area contributed by atoms with Crippen molar-refractivity contribution in [2.24, 2.45) is 0 Å². The molecule has 1 radical (unpaired) electrons. The Morgan fingerprint density at radius 1 is 1.45 bits per heavy atom. The van der Waals surface area contributed by atoms with Gasteiger partial charge in [-0.25, -0.2) is 4.39 Å². The van der Waals surface area contributed by atoms with Crippen LogP contribution in [0.5, 0.6) is 0 Å². The van der Waals surface area contributed by atoms with E-state index < -0.39 is 5.82 Å². The highest BCUT2D eigenvalue weighted by atomic mass is 35.5. The zero-order chi connectivity index (χ0) is 8.43. The highest BCUT2D eigenvalue weighted by Crippen LogP contribution is 2.23. The van der Waals surface area contributed by atoms with E-state index >= 15 is 0 Å². The maximum absolute atomic E-state index is 12.5. The van der Waals surface area contributed by atoms with E-state index in [4.69, 9.17) is 11.6 Å². The Labute approximate surface area is 71.0 Å². The minimum absolute atomic E-state index is 0.319. The van der Waals surface area contributed by atoms with Crippen LogP contribution in [0.2, 0.25) is 5.02 Å². The van der Waals surface area contributed by atoms with Crippen molar-refractivity contribution in [3.8, 4) is 0 Å². The van der Waals surface area contributed by atoms with Crippen LogP contribution in [0, 0.1) is 11.9 Å². The van der Waals surface area contributed by atoms with Crippen LogP contribution in [0.4, 0.5) is 4.39 Å². The molecule has 0 saturated carbocycles. The highest BCUT2D eigenvalue weighted by molar-refractivity contribution is 6.31. The Hall–Kier alpha value is -0.560. The average Bonchev–Trinajstić information content (AvgIpc) is 1.85. The van der Waals surface area contributed by atoms with E-state index in [1.807, 2.05) is 13.8 Å². The number of halogens is 2. The van der Waals surface area contributed by atoms with Gasteiger partial charge in [-0.15, -0.1) is 0 Å². The molecule has 0 fully saturated rings. The predicted molar refractivity (Wildman–Crippen MR) is 44.3 cm³/mol. The molecule has 59 valence electrons. The molecule has 0 atom stereocenters. The average molecular weight is 172 g/mol. The van der Waals surface area contributed by atoms with Crippen LogP contribution in [0.15, 0.2) is 12.1 Å². The molecular formula is C9H9ClF. The molecule has 0 spiro atoms. The van der Waals surface area contributed by atoms with E-state index in [-0.39, 0.29) is 0 Å². The Morgan fingerprint density at radius 2 is 2.09 bits per heavy atom. The van der Waals surface area contributed by atoms with Crippen molar-refractivity contribution < 1.29 is 4.39 Å². The Kier molecular flexibility index (Phi) is 2.50. The first kappa shape index (κ1) is 8.54. The monoisotopic (exact) mass is 171 g/mol. The van der Waals surface area contributed by atoms with Gasteiger partial charge in [-0.05, 0) is 17.5 Å². The fraction of sp³-hybridized carbons (Fsp3) is 0.333. The second-order valence-corrected chi connectivity index (χ2v) is 3.11. The summed E-state index contributed by atoms with van der Waals surface area (Å²) in [7, 11) is 0. The van der Waals surface area contributed by atoms with Crippen molar-refractivity contribution >= 4 is 11.6 Å². The van der Waals surface area contributed by atoms with E-state index in [0.29, 0.717) is 10.9 Å². The van der Waals surface area contributed by atoms with Crippen molar-refractivity contribution in [1.29, 1.82) is 0 Å². The Morgan fingerprint density at radius 3 is 2.55 bits per heavy atom. The molecule has 0 aliphatic rings. The van der Waals surface area contributed by atoms with Gasteiger partial charge in [0.15, 0.2) is 0 Å². The molecule has 0 aliphatic heterocycles. The van der Waals surface area contributed by atoms with Gasteiger partial charge in [0, 0.05) is 6.07 Å². The van der Waals surface area contributed by atoms with Crippen LogP contribution >= 0.6 is 11.6 Å². The van der Waals surface area contributed by atoms with Gasteiger partial charge in [-0.3, -0.25) is 0 Å². The summed E-state index contributed by atoms with van der Waals surface area (Å²) in [4.78, 5) is 0. The molecule has 0 aliphatic carbocycles. The molecule has 11 heavy (non-hydrogen) atoms. The van der Waals surface area contributed by atoms with Gasteiger partial charge in [0.1, 0.15) is 5.82 Å². The second-order valence-electron chi connectivity index (χ2n) is 2.73. The van der Waals surface area contributed by atoms with E-state index in [1.165, 1.54) is 6.07 Å². The zero-order valence-electron chi connectivity index (χ0n) is 6.49. The van der Waals surface area contributed by atoms with Crippen LogP contribution in [-0.2, 0) is 0 Å². The lowest BCUT2D eigenvalue weighted by Crippen LogP contribution is -1.89. The van der Waals surface area contributed by atoms with Crippen LogP contribution in [0.1, 0.15) is 25.3 Å². The fourth-order valence-corrected chi connectivity index (χ4v) is 1.27. The standard InChI is InChI=1S/C9H9ClF/c1-6(2)8-4-3-7(11)5-9(8)10/h3-4,6H,1-2H3. The quantitative estimate of drug-likeness (QED) is 0.608. The summed E-state index contributed by atoms with van der Waals surface area (Å²) < 4.78 is 12.5. The summed E-state index contributed by atoms with van der Waals surface area (Å²) >= 11 is 5.73. The third-order valence-electron chi connectivity index (χ3n) is 1.51. The summed E-state index contributed by atoms with van der Waals surface area (Å²) in [5.41, 5.74) is 0.938. The van der Waals surface area contributed by atoms with E-state index in [1.54, 1.807) is 6.07 Å². The molecule has 2 heteroatoms. The predicted octanol–water partition coefficient (Wildman–Crippen LogP) is 3.40. The second kappa shape index (κ2) is 3.22. The zero-order valence-corrected chi connectivity index (χ0v) is 7.24. The molecule has 1 aromatic carbocycles. The normalized spacial score (nSPS) is 10.6. The van der Waals surface area contributed by atoms with Crippen LogP contribution in [0.25, 0.3) is 0 Å². The van der Waals surface area contributed by atoms with Gasteiger partial charge < -0.3 is 0 Å². The molecule has 0 amide bonds. The first-order chi connectivity index (χ1) is 5.11. The lowest BCUT2D eigenvalue weighted by atomic mass is 10.0. The third kappa shape index (κ3) is 1.93. The molecule has 0 heterocycles. The van der Waals surface area contributed by atoms with Gasteiger partial charge in [0.05, 0.1) is 5.02 Å². The van der Waals surface area contributed by atoms with E-state index in [9.17, 15) is 4.39 Å². The Balaban J connectivity index is 3.09. The van der Waals surface area contributed by atoms with E-state index in [0.717, 1.165) is 5.56 Å². The third-order valence-corrected chi connectivity index (χ3v) is 1.83. The van der Waals surface area contributed by atoms with Crippen LogP contribution in [0.3, 0.4) is 0 Å². The SMILES string of the molecule is CC(C)c1ccc(F)[c]c1Cl. The summed E-state index contributed by atoms with van der Waals surface area (Å²) in [6.45, 7) is 4.01. The minimum atomic E-state index is -0.403. The highest BCUT2D eigenvalue weighted by Gasteiger charge is 2.05. The van der Waals surface area contributed by atoms with Gasteiger partial charge in [-0.2, -0.15) is 0 Å². The van der Waals surface area contributed by atoms with Crippen molar-refractivity contribution in [2.45, 2.75) is 19.8 Å². The van der Waals surface area contributed by atoms with Crippen LogP contribution < -0.4 is 0 Å². The van der Waals surface area contributed by atoms with E-state index in [2.05, 4.69) is 6.07 Å². The number of hydrogen-bond donors (Lipinski definition) is 0. The number of hydrogen-bond acceptors (Lipinski definition) is 0. The van der Waals surface area contributed by atoms with Crippen molar-refractivity contribution in [1.82, 2.24) is 0 Å². The molecular weight excluding hydrogens is 163 g/mol. The smallest absolute Gasteiger partial charge is 0.132 e. The lowest BCUT2D eigenvalue weighted by Gasteiger charge is -2.06. The molecule has 0 nitrogen and oxygen atoms in total. The molecule has 0 unspecified atom stereocenters. The maximum atomic E-state index is 12.5. The summed E-state index contributed by atoms with van der Waals surface area (Å²) in [5.74, 6) is -0.0845. The first-order valence-corrected chi connectivity index (χ1v) is 3.86. The summed E-state index contributed by atoms with van der Waals surface area (Å²) in [6.07, 6.45) is 0. The topological polar surface area (TPSA) is 0 Å². The van der Waals surface area contributed by atoms with Crippen LogP contribution in [-0.4, -0.2) is 0 Å². The molecule has 1 rings (SSSR count). The van der Waals surface area contributed by atoms with Crippen molar-refractivity contribution in [2.75, 3.05) is 0 Å². The number of benzene rings is 1. The minimum Gasteiger partial charge on any atom is -0.206 e. The van der Waals surface area contributed by atoms with Crippen molar-refractivity contribution in [3.05, 3.63) is 34.6 Å². The first-order valence-electron chi connectivity index (χ1n) is 3.48. The molecule has 0 aromatic heterocycles.